The van der Waals surface area contributed by atoms with E-state index in [0.717, 1.165) is 16.8 Å². The highest BCUT2D eigenvalue weighted by Crippen LogP contribution is 2.58. The number of benzene rings is 3. The summed E-state index contributed by atoms with van der Waals surface area (Å²) >= 11 is 8.39. The highest BCUT2D eigenvalue weighted by molar-refractivity contribution is 8.00. The fourth-order valence-corrected chi connectivity index (χ4v) is 7.03. The predicted molar refractivity (Wildman–Crippen MR) is 129 cm³/mol. The largest absolute Gasteiger partial charge is 0.378 e. The van der Waals surface area contributed by atoms with Gasteiger partial charge in [0.25, 0.3) is 11.4 Å². The van der Waals surface area contributed by atoms with Crippen LogP contribution in [0.15, 0.2) is 71.6 Å². The fourth-order valence-electron chi connectivity index (χ4n) is 5.09. The summed E-state index contributed by atoms with van der Waals surface area (Å²) in [5.41, 5.74) is 2.42. The molecule has 10 heteroatoms. The topological polar surface area (TPSA) is 98.3 Å². The van der Waals surface area contributed by atoms with Crippen molar-refractivity contribution in [3.05, 3.63) is 104 Å². The van der Waals surface area contributed by atoms with E-state index < -0.39 is 15.2 Å². The number of fused-ring (bicyclic) bond motifs is 3. The number of hydrogen-bond acceptors (Lipinski definition) is 6. The van der Waals surface area contributed by atoms with Crippen LogP contribution in [-0.2, 0) is 0 Å². The number of anilines is 1. The molecule has 0 aromatic heterocycles. The Balaban J connectivity index is 1.55. The number of non-ortho nitro benzene ring substituents is 1. The van der Waals surface area contributed by atoms with E-state index in [1.165, 1.54) is 36.0 Å². The number of alkyl halides is 1. The van der Waals surface area contributed by atoms with Crippen LogP contribution in [0.4, 0.5) is 21.5 Å². The van der Waals surface area contributed by atoms with Gasteiger partial charge in [-0.05, 0) is 47.7 Å². The number of thioether (sulfide) groups is 1. The first kappa shape index (κ1) is 22.6. The van der Waals surface area contributed by atoms with Crippen molar-refractivity contribution in [3.63, 3.8) is 0 Å². The summed E-state index contributed by atoms with van der Waals surface area (Å²) in [6.07, 6.45) is 0.632. The first-order valence-electron chi connectivity index (χ1n) is 10.7. The SMILES string of the molecule is O=[N+]([O-])c1ccc2c(c1)C1C(Cl)C(Sc3ccccc3[N+](=O)[O-])CC1C(c1ccc(F)cc1)N2. The van der Waals surface area contributed by atoms with Gasteiger partial charge in [0.05, 0.1) is 26.2 Å². The summed E-state index contributed by atoms with van der Waals surface area (Å²) in [5.74, 6) is -0.588. The molecular weight excluding hydrogens is 481 g/mol. The van der Waals surface area contributed by atoms with E-state index >= 15 is 0 Å². The molecule has 1 fully saturated rings. The Morgan fingerprint density at radius 1 is 1.00 bits per heavy atom. The van der Waals surface area contributed by atoms with Gasteiger partial charge in [-0.3, -0.25) is 20.2 Å². The van der Waals surface area contributed by atoms with Gasteiger partial charge in [-0.2, -0.15) is 0 Å². The molecule has 34 heavy (non-hydrogen) atoms. The van der Waals surface area contributed by atoms with Crippen LogP contribution in [-0.4, -0.2) is 20.5 Å². The minimum absolute atomic E-state index is 0.0156. The van der Waals surface area contributed by atoms with Crippen molar-refractivity contribution in [1.82, 2.24) is 0 Å². The Morgan fingerprint density at radius 2 is 1.74 bits per heavy atom. The van der Waals surface area contributed by atoms with E-state index in [1.807, 2.05) is 0 Å². The third kappa shape index (κ3) is 3.99. The first-order valence-corrected chi connectivity index (χ1v) is 12.0. The van der Waals surface area contributed by atoms with Crippen molar-refractivity contribution in [1.29, 1.82) is 0 Å². The molecule has 0 saturated heterocycles. The molecule has 0 bridgehead atoms. The van der Waals surface area contributed by atoms with Crippen LogP contribution in [0, 0.1) is 32.0 Å². The second-order valence-corrected chi connectivity index (χ2v) is 10.2. The van der Waals surface area contributed by atoms with Crippen molar-refractivity contribution in [2.75, 3.05) is 5.32 Å². The summed E-state index contributed by atoms with van der Waals surface area (Å²) in [6, 6.07) is 17.3. The molecule has 5 rings (SSSR count). The molecule has 5 atom stereocenters. The zero-order valence-electron chi connectivity index (χ0n) is 17.6. The van der Waals surface area contributed by atoms with Gasteiger partial charge in [0.2, 0.25) is 0 Å². The maximum atomic E-state index is 13.6. The summed E-state index contributed by atoms with van der Waals surface area (Å²) < 4.78 is 13.6. The lowest BCUT2D eigenvalue weighted by atomic mass is 9.77. The lowest BCUT2D eigenvalue weighted by molar-refractivity contribution is -0.387. The van der Waals surface area contributed by atoms with Crippen LogP contribution < -0.4 is 5.32 Å². The molecule has 0 amide bonds. The van der Waals surface area contributed by atoms with Crippen molar-refractivity contribution >= 4 is 40.4 Å². The van der Waals surface area contributed by atoms with E-state index in [0.29, 0.717) is 11.3 Å². The zero-order valence-corrected chi connectivity index (χ0v) is 19.2. The van der Waals surface area contributed by atoms with Gasteiger partial charge in [0, 0.05) is 35.1 Å². The Morgan fingerprint density at radius 3 is 2.44 bits per heavy atom. The summed E-state index contributed by atoms with van der Waals surface area (Å²) in [6.45, 7) is 0. The van der Waals surface area contributed by atoms with E-state index in [9.17, 15) is 24.6 Å². The van der Waals surface area contributed by atoms with Crippen LogP contribution in [0.1, 0.15) is 29.5 Å². The molecule has 1 heterocycles. The number of nitrogens with zero attached hydrogens (tertiary/aromatic N) is 2. The lowest BCUT2D eigenvalue weighted by Crippen LogP contribution is -2.31. The van der Waals surface area contributed by atoms with Crippen molar-refractivity contribution < 1.29 is 14.2 Å². The van der Waals surface area contributed by atoms with Crippen molar-refractivity contribution in [2.24, 2.45) is 5.92 Å². The number of para-hydroxylation sites is 1. The third-order valence-electron chi connectivity index (χ3n) is 6.58. The van der Waals surface area contributed by atoms with Crippen LogP contribution >= 0.6 is 23.4 Å². The lowest BCUT2D eigenvalue weighted by Gasteiger charge is -2.38. The molecule has 1 aliphatic carbocycles. The monoisotopic (exact) mass is 499 g/mol. The van der Waals surface area contributed by atoms with Gasteiger partial charge < -0.3 is 5.32 Å². The molecule has 1 N–H and O–H groups in total. The van der Waals surface area contributed by atoms with Gasteiger partial charge in [0.15, 0.2) is 0 Å². The molecule has 174 valence electrons. The average molecular weight is 500 g/mol. The number of halogens is 2. The maximum absolute atomic E-state index is 13.6. The first-order chi connectivity index (χ1) is 16.3. The zero-order chi connectivity index (χ0) is 24.0. The highest BCUT2D eigenvalue weighted by atomic mass is 35.5. The van der Waals surface area contributed by atoms with Gasteiger partial charge >= 0.3 is 0 Å². The van der Waals surface area contributed by atoms with E-state index in [-0.39, 0.29) is 40.3 Å². The average Bonchev–Trinajstić information content (AvgIpc) is 3.15. The second-order valence-electron chi connectivity index (χ2n) is 8.45. The van der Waals surface area contributed by atoms with E-state index in [2.05, 4.69) is 5.32 Å². The van der Waals surface area contributed by atoms with Crippen molar-refractivity contribution in [2.45, 2.75) is 33.9 Å². The Hall–Kier alpha value is -3.17. The molecule has 1 saturated carbocycles. The summed E-state index contributed by atoms with van der Waals surface area (Å²) in [4.78, 5) is 22.6. The predicted octanol–water partition coefficient (Wildman–Crippen LogP) is 6.68. The van der Waals surface area contributed by atoms with E-state index in [4.69, 9.17) is 11.6 Å². The van der Waals surface area contributed by atoms with Crippen molar-refractivity contribution in [3.8, 4) is 0 Å². The number of hydrogen-bond donors (Lipinski definition) is 1. The minimum atomic E-state index is -0.431. The van der Waals surface area contributed by atoms with Crippen LogP contribution in [0.5, 0.6) is 0 Å². The molecule has 2 aliphatic rings. The van der Waals surface area contributed by atoms with Gasteiger partial charge in [-0.1, -0.05) is 24.3 Å². The number of nitro benzene ring substituents is 2. The smallest absolute Gasteiger partial charge is 0.282 e. The fraction of sp³-hybridized carbons (Fsp3) is 0.250. The molecule has 1 aliphatic heterocycles. The number of nitro groups is 2. The summed E-state index contributed by atoms with van der Waals surface area (Å²) in [5, 5.41) is 25.9. The molecule has 0 spiro atoms. The van der Waals surface area contributed by atoms with Crippen LogP contribution in [0.25, 0.3) is 0 Å². The van der Waals surface area contributed by atoms with Crippen LogP contribution in [0.2, 0.25) is 0 Å². The summed E-state index contributed by atoms with van der Waals surface area (Å²) in [7, 11) is 0. The molecule has 7 nitrogen and oxygen atoms in total. The van der Waals surface area contributed by atoms with E-state index in [1.54, 1.807) is 42.5 Å². The molecule has 3 aromatic rings. The minimum Gasteiger partial charge on any atom is -0.378 e. The molecule has 3 aromatic carbocycles. The third-order valence-corrected chi connectivity index (χ3v) is 8.69. The Kier molecular flexibility index (Phi) is 5.91. The standard InChI is InChI=1S/C24H19ClFN3O4S/c25-23-21(34-20-4-2-1-3-19(20)29(32)33)12-17-22(23)16-11-15(28(30)31)9-10-18(16)27-24(17)13-5-7-14(26)8-6-13/h1-11,17,21-24,27H,12H2. The highest BCUT2D eigenvalue weighted by Gasteiger charge is 2.50. The van der Waals surface area contributed by atoms with Gasteiger partial charge in [-0.25, -0.2) is 4.39 Å². The van der Waals surface area contributed by atoms with Crippen LogP contribution in [0.3, 0.4) is 0 Å². The maximum Gasteiger partial charge on any atom is 0.282 e. The Bertz CT molecular complexity index is 1280. The second kappa shape index (κ2) is 8.88. The molecular formula is C24H19ClFN3O4S. The number of nitrogens with one attached hydrogen (secondary N) is 1. The van der Waals surface area contributed by atoms with Gasteiger partial charge in [0.1, 0.15) is 5.82 Å². The number of rotatable bonds is 5. The normalized spacial score (nSPS) is 25.2. The van der Waals surface area contributed by atoms with Gasteiger partial charge in [-0.15, -0.1) is 23.4 Å². The molecule has 0 radical (unpaired) electrons. The Labute approximate surface area is 203 Å². The quantitative estimate of drug-likeness (QED) is 0.239. The molecule has 5 unspecified atom stereocenters.